The number of rotatable bonds is 5. The number of ether oxygens (including phenoxy) is 1. The lowest BCUT2D eigenvalue weighted by molar-refractivity contribution is -0.385. The van der Waals surface area contributed by atoms with Gasteiger partial charge in [0.15, 0.2) is 0 Å². The molecule has 0 saturated carbocycles. The molecule has 0 aromatic heterocycles. The number of para-hydroxylation sites is 2. The Bertz CT molecular complexity index is 1140. The Morgan fingerprint density at radius 2 is 1.83 bits per heavy atom. The average Bonchev–Trinajstić information content (AvgIpc) is 2.78. The van der Waals surface area contributed by atoms with Crippen molar-refractivity contribution in [3.63, 3.8) is 0 Å². The van der Waals surface area contributed by atoms with Gasteiger partial charge in [-0.05, 0) is 42.5 Å². The van der Waals surface area contributed by atoms with Gasteiger partial charge in [0, 0.05) is 17.8 Å². The zero-order valence-electron chi connectivity index (χ0n) is 16.2. The van der Waals surface area contributed by atoms with E-state index in [2.05, 4.69) is 5.32 Å². The first-order chi connectivity index (χ1) is 14.6. The summed E-state index contributed by atoms with van der Waals surface area (Å²) >= 11 is 0. The van der Waals surface area contributed by atoms with Crippen LogP contribution in [0.15, 0.2) is 78.9 Å². The Hall–Kier alpha value is -4.13. The van der Waals surface area contributed by atoms with Gasteiger partial charge < -0.3 is 10.1 Å². The number of nitrogens with zero attached hydrogens (tertiary/aromatic N) is 2. The lowest BCUT2D eigenvalue weighted by Crippen LogP contribution is -2.48. The van der Waals surface area contributed by atoms with Crippen molar-refractivity contribution in [1.82, 2.24) is 0 Å². The van der Waals surface area contributed by atoms with E-state index in [9.17, 15) is 14.9 Å². The molecule has 7 nitrogen and oxygen atoms in total. The van der Waals surface area contributed by atoms with Crippen LogP contribution in [-0.4, -0.2) is 24.1 Å². The van der Waals surface area contributed by atoms with E-state index in [0.717, 1.165) is 0 Å². The number of nitro groups is 1. The van der Waals surface area contributed by atoms with Crippen molar-refractivity contribution in [3.05, 3.63) is 100 Å². The Morgan fingerprint density at radius 1 is 1.07 bits per heavy atom. The van der Waals surface area contributed by atoms with Crippen LogP contribution in [0.2, 0.25) is 0 Å². The minimum absolute atomic E-state index is 0.00390. The van der Waals surface area contributed by atoms with Crippen LogP contribution >= 0.6 is 0 Å². The van der Waals surface area contributed by atoms with Crippen molar-refractivity contribution in [2.24, 2.45) is 0 Å². The molecule has 3 aromatic rings. The number of amides is 1. The third kappa shape index (κ3) is 3.60. The molecule has 0 aliphatic carbocycles. The fourth-order valence-corrected chi connectivity index (χ4v) is 3.44. The van der Waals surface area contributed by atoms with Crippen molar-refractivity contribution in [2.75, 3.05) is 17.3 Å². The summed E-state index contributed by atoms with van der Waals surface area (Å²) in [6.45, 7) is 0. The number of nitrogens with one attached hydrogen (secondary N) is 1. The number of hydrogen-bond acceptors (Lipinski definition) is 5. The number of anilines is 2. The second-order valence-corrected chi connectivity index (χ2v) is 6.69. The Balaban J connectivity index is 1.77. The fraction of sp³-hybridized carbons (Fsp3) is 0.0870. The number of carbonyl (C=O) groups is 1. The molecule has 1 heterocycles. The largest absolute Gasteiger partial charge is 0.497 e. The number of benzene rings is 3. The van der Waals surface area contributed by atoms with Crippen molar-refractivity contribution >= 4 is 29.0 Å². The van der Waals surface area contributed by atoms with E-state index in [0.29, 0.717) is 28.3 Å². The number of nitro benzene ring substituents is 1. The molecule has 1 aliphatic heterocycles. The van der Waals surface area contributed by atoms with Gasteiger partial charge in [-0.3, -0.25) is 19.8 Å². The molecule has 150 valence electrons. The molecule has 1 unspecified atom stereocenters. The van der Waals surface area contributed by atoms with Crippen LogP contribution < -0.4 is 15.0 Å². The normalized spacial score (nSPS) is 15.6. The number of carbonyl (C=O) groups excluding carboxylic acids is 1. The monoisotopic (exact) mass is 401 g/mol. The van der Waals surface area contributed by atoms with Gasteiger partial charge in [-0.1, -0.05) is 30.3 Å². The predicted molar refractivity (Wildman–Crippen MR) is 116 cm³/mol. The highest BCUT2D eigenvalue weighted by molar-refractivity contribution is 6.12. The highest BCUT2D eigenvalue weighted by Gasteiger charge is 2.31. The fourth-order valence-electron chi connectivity index (χ4n) is 3.44. The van der Waals surface area contributed by atoms with Gasteiger partial charge in [0.05, 0.1) is 28.8 Å². The molecule has 4 rings (SSSR count). The number of fused-ring (bicyclic) bond motifs is 1. The van der Waals surface area contributed by atoms with Crippen LogP contribution in [0.5, 0.6) is 5.75 Å². The van der Waals surface area contributed by atoms with Crippen molar-refractivity contribution in [3.8, 4) is 5.75 Å². The first kappa shape index (κ1) is 19.2. The van der Waals surface area contributed by atoms with Crippen molar-refractivity contribution in [2.45, 2.75) is 6.17 Å². The second kappa shape index (κ2) is 8.08. The summed E-state index contributed by atoms with van der Waals surface area (Å²) in [5, 5.41) is 14.7. The lowest BCUT2D eigenvalue weighted by Gasteiger charge is -2.36. The van der Waals surface area contributed by atoms with Gasteiger partial charge in [0.2, 0.25) is 0 Å². The molecular formula is C23H19N3O4. The summed E-state index contributed by atoms with van der Waals surface area (Å²) in [6, 6.07) is 21.0. The van der Waals surface area contributed by atoms with Crippen LogP contribution in [0.4, 0.5) is 17.1 Å². The highest BCUT2D eigenvalue weighted by atomic mass is 16.6. The van der Waals surface area contributed by atoms with Gasteiger partial charge >= 0.3 is 0 Å². The maximum absolute atomic E-state index is 13.3. The maximum atomic E-state index is 13.3. The standard InChI is InChI=1S/C23H19N3O4/c1-30-18-9-6-8-17(15-18)25-22(24-20-11-4-3-10-19(20)23(25)27)14-13-16-7-2-5-12-21(16)26(28)29/h2-15,22,24H,1H3/b14-13+. The summed E-state index contributed by atoms with van der Waals surface area (Å²) in [5.41, 5.74) is 2.37. The molecular weight excluding hydrogens is 382 g/mol. The molecule has 30 heavy (non-hydrogen) atoms. The SMILES string of the molecule is COc1cccc(N2C(=O)c3ccccc3NC2/C=C/c2ccccc2[N+](=O)[O-])c1. The Morgan fingerprint density at radius 3 is 2.63 bits per heavy atom. The first-order valence-electron chi connectivity index (χ1n) is 9.33. The van der Waals surface area contributed by atoms with E-state index in [4.69, 9.17) is 4.74 Å². The summed E-state index contributed by atoms with van der Waals surface area (Å²) in [4.78, 5) is 25.8. The third-order valence-corrected chi connectivity index (χ3v) is 4.88. The van der Waals surface area contributed by atoms with E-state index in [1.165, 1.54) is 6.07 Å². The summed E-state index contributed by atoms with van der Waals surface area (Å²) in [5.74, 6) is 0.454. The molecule has 0 spiro atoms. The van der Waals surface area contributed by atoms with E-state index in [1.807, 2.05) is 30.3 Å². The summed E-state index contributed by atoms with van der Waals surface area (Å²) in [7, 11) is 1.57. The van der Waals surface area contributed by atoms with E-state index in [1.54, 1.807) is 60.6 Å². The zero-order valence-corrected chi connectivity index (χ0v) is 16.2. The van der Waals surface area contributed by atoms with Gasteiger partial charge in [-0.25, -0.2) is 0 Å². The molecule has 1 atom stereocenters. The van der Waals surface area contributed by atoms with Gasteiger partial charge in [0.25, 0.3) is 11.6 Å². The minimum atomic E-state index is -0.542. The van der Waals surface area contributed by atoms with Crippen LogP contribution in [-0.2, 0) is 0 Å². The molecule has 0 fully saturated rings. The second-order valence-electron chi connectivity index (χ2n) is 6.69. The lowest BCUT2D eigenvalue weighted by atomic mass is 10.1. The molecule has 1 amide bonds. The molecule has 1 aliphatic rings. The van der Waals surface area contributed by atoms with Crippen LogP contribution in [0.1, 0.15) is 15.9 Å². The predicted octanol–water partition coefficient (Wildman–Crippen LogP) is 4.72. The van der Waals surface area contributed by atoms with Crippen LogP contribution in [0.25, 0.3) is 6.08 Å². The summed E-state index contributed by atoms with van der Waals surface area (Å²) < 4.78 is 5.31. The molecule has 3 aromatic carbocycles. The van der Waals surface area contributed by atoms with Crippen molar-refractivity contribution < 1.29 is 14.5 Å². The molecule has 0 bridgehead atoms. The van der Waals surface area contributed by atoms with Crippen molar-refractivity contribution in [1.29, 1.82) is 0 Å². The van der Waals surface area contributed by atoms with Crippen LogP contribution in [0.3, 0.4) is 0 Å². The van der Waals surface area contributed by atoms with Gasteiger partial charge in [0.1, 0.15) is 11.9 Å². The van der Waals surface area contributed by atoms with Gasteiger partial charge in [-0.2, -0.15) is 0 Å². The molecule has 0 saturated heterocycles. The summed E-state index contributed by atoms with van der Waals surface area (Å²) in [6.07, 6.45) is 2.86. The topological polar surface area (TPSA) is 84.7 Å². The first-order valence-corrected chi connectivity index (χ1v) is 9.33. The maximum Gasteiger partial charge on any atom is 0.276 e. The van der Waals surface area contributed by atoms with E-state index < -0.39 is 11.1 Å². The zero-order chi connectivity index (χ0) is 21.1. The van der Waals surface area contributed by atoms with Crippen LogP contribution in [0, 0.1) is 10.1 Å². The van der Waals surface area contributed by atoms with E-state index >= 15 is 0 Å². The Kier molecular flexibility index (Phi) is 5.17. The molecule has 0 radical (unpaired) electrons. The number of methoxy groups -OCH3 is 1. The quantitative estimate of drug-likeness (QED) is 0.494. The third-order valence-electron chi connectivity index (χ3n) is 4.88. The number of hydrogen-bond donors (Lipinski definition) is 1. The van der Waals surface area contributed by atoms with E-state index in [-0.39, 0.29) is 11.6 Å². The molecule has 7 heteroatoms. The molecule has 1 N–H and O–H groups in total. The average molecular weight is 401 g/mol. The highest BCUT2D eigenvalue weighted by Crippen LogP contribution is 2.32. The van der Waals surface area contributed by atoms with Gasteiger partial charge in [-0.15, -0.1) is 0 Å². The smallest absolute Gasteiger partial charge is 0.276 e. The Labute approximate surface area is 173 Å². The minimum Gasteiger partial charge on any atom is -0.497 e.